The Balaban J connectivity index is 1.67. The predicted molar refractivity (Wildman–Crippen MR) is 102 cm³/mol. The zero-order valence-corrected chi connectivity index (χ0v) is 15.8. The standard InChI is InChI=1S/C18H14ClFN2O2S2/c19-17-10-16(7-8-18(17)20)26(23,24)22-14-3-5-15(6-4-14)25-12-13-2-1-9-21-11-13/h1-11,22H,12H2. The summed E-state index contributed by atoms with van der Waals surface area (Å²) in [7, 11) is -3.84. The van der Waals surface area contributed by atoms with Gasteiger partial charge in [0.15, 0.2) is 0 Å². The third-order valence-corrected chi connectivity index (χ3v) is 6.19. The Morgan fingerprint density at radius 1 is 1.12 bits per heavy atom. The SMILES string of the molecule is O=S(=O)(Nc1ccc(SCc2cccnc2)cc1)c1ccc(F)c(Cl)c1. The third kappa shape index (κ3) is 4.75. The van der Waals surface area contributed by atoms with Crippen molar-refractivity contribution in [3.05, 3.63) is 83.4 Å². The lowest BCUT2D eigenvalue weighted by Crippen LogP contribution is -2.13. The lowest BCUT2D eigenvalue weighted by molar-refractivity contribution is 0.599. The van der Waals surface area contributed by atoms with E-state index in [9.17, 15) is 12.8 Å². The van der Waals surface area contributed by atoms with E-state index >= 15 is 0 Å². The molecule has 8 heteroatoms. The first-order valence-electron chi connectivity index (χ1n) is 7.54. The largest absolute Gasteiger partial charge is 0.280 e. The van der Waals surface area contributed by atoms with Crippen molar-refractivity contribution in [3.8, 4) is 0 Å². The van der Waals surface area contributed by atoms with Gasteiger partial charge >= 0.3 is 0 Å². The first kappa shape index (κ1) is 18.7. The summed E-state index contributed by atoms with van der Waals surface area (Å²) in [5.41, 5.74) is 1.52. The normalized spacial score (nSPS) is 11.3. The monoisotopic (exact) mass is 408 g/mol. The minimum Gasteiger partial charge on any atom is -0.280 e. The molecule has 0 saturated heterocycles. The molecule has 1 aromatic heterocycles. The number of nitrogens with one attached hydrogen (secondary N) is 1. The summed E-state index contributed by atoms with van der Waals surface area (Å²) in [6, 6.07) is 14.2. The van der Waals surface area contributed by atoms with Crippen LogP contribution in [-0.2, 0) is 15.8 Å². The first-order valence-corrected chi connectivity index (χ1v) is 10.4. The van der Waals surface area contributed by atoms with Gasteiger partial charge in [0.1, 0.15) is 5.82 Å². The molecule has 3 aromatic rings. The van der Waals surface area contributed by atoms with Crippen LogP contribution in [0.2, 0.25) is 5.02 Å². The maximum Gasteiger partial charge on any atom is 0.261 e. The highest BCUT2D eigenvalue weighted by molar-refractivity contribution is 7.98. The third-order valence-electron chi connectivity index (χ3n) is 3.44. The molecule has 0 spiro atoms. The number of anilines is 1. The number of hydrogen-bond acceptors (Lipinski definition) is 4. The highest BCUT2D eigenvalue weighted by Gasteiger charge is 2.16. The number of nitrogens with zero attached hydrogens (tertiary/aromatic N) is 1. The number of sulfonamides is 1. The van der Waals surface area contributed by atoms with Gasteiger partial charge in [0.25, 0.3) is 10.0 Å². The van der Waals surface area contributed by atoms with Crippen molar-refractivity contribution in [1.82, 2.24) is 4.98 Å². The van der Waals surface area contributed by atoms with Crippen LogP contribution in [-0.4, -0.2) is 13.4 Å². The number of aromatic nitrogens is 1. The Kier molecular flexibility index (Phi) is 5.80. The fourth-order valence-corrected chi connectivity index (χ4v) is 4.29. The maximum absolute atomic E-state index is 13.2. The van der Waals surface area contributed by atoms with Gasteiger partial charge < -0.3 is 0 Å². The van der Waals surface area contributed by atoms with E-state index in [0.29, 0.717) is 5.69 Å². The average molecular weight is 409 g/mol. The van der Waals surface area contributed by atoms with Crippen LogP contribution in [0.5, 0.6) is 0 Å². The molecule has 4 nitrogen and oxygen atoms in total. The van der Waals surface area contributed by atoms with Crippen LogP contribution >= 0.6 is 23.4 Å². The molecule has 134 valence electrons. The molecule has 0 atom stereocenters. The van der Waals surface area contributed by atoms with Gasteiger partial charge in [-0.05, 0) is 54.1 Å². The second-order valence-electron chi connectivity index (χ2n) is 5.36. The molecule has 26 heavy (non-hydrogen) atoms. The lowest BCUT2D eigenvalue weighted by Gasteiger charge is -2.09. The molecule has 0 aliphatic carbocycles. The number of halogens is 2. The molecule has 0 amide bonds. The Labute approximate surface area is 160 Å². The van der Waals surface area contributed by atoms with Gasteiger partial charge in [-0.15, -0.1) is 11.8 Å². The molecule has 0 radical (unpaired) electrons. The van der Waals surface area contributed by atoms with E-state index in [0.717, 1.165) is 28.3 Å². The molecular formula is C18H14ClFN2O2S2. The van der Waals surface area contributed by atoms with E-state index in [1.165, 1.54) is 6.07 Å². The number of thioether (sulfide) groups is 1. The number of pyridine rings is 1. The number of hydrogen-bond donors (Lipinski definition) is 1. The fraction of sp³-hybridized carbons (Fsp3) is 0.0556. The highest BCUT2D eigenvalue weighted by atomic mass is 35.5. The summed E-state index contributed by atoms with van der Waals surface area (Å²) in [6.07, 6.45) is 3.53. The van der Waals surface area contributed by atoms with E-state index in [1.54, 1.807) is 30.1 Å². The number of rotatable bonds is 6. The molecular weight excluding hydrogens is 395 g/mol. The summed E-state index contributed by atoms with van der Waals surface area (Å²) in [5.74, 6) is 0.105. The second kappa shape index (κ2) is 8.07. The Morgan fingerprint density at radius 3 is 2.54 bits per heavy atom. The van der Waals surface area contributed by atoms with Crippen molar-refractivity contribution in [2.75, 3.05) is 4.72 Å². The average Bonchev–Trinajstić information content (AvgIpc) is 2.64. The zero-order chi connectivity index (χ0) is 18.6. The van der Waals surface area contributed by atoms with Gasteiger partial charge in [0.2, 0.25) is 0 Å². The zero-order valence-electron chi connectivity index (χ0n) is 13.4. The van der Waals surface area contributed by atoms with Crippen molar-refractivity contribution < 1.29 is 12.8 Å². The van der Waals surface area contributed by atoms with E-state index in [2.05, 4.69) is 9.71 Å². The van der Waals surface area contributed by atoms with Gasteiger partial charge in [0.05, 0.1) is 9.92 Å². The molecule has 1 heterocycles. The maximum atomic E-state index is 13.2. The highest BCUT2D eigenvalue weighted by Crippen LogP contribution is 2.26. The van der Waals surface area contributed by atoms with Crippen LogP contribution in [0, 0.1) is 5.82 Å². The van der Waals surface area contributed by atoms with Crippen LogP contribution < -0.4 is 4.72 Å². The lowest BCUT2D eigenvalue weighted by atomic mass is 10.3. The summed E-state index contributed by atoms with van der Waals surface area (Å²) >= 11 is 7.28. The van der Waals surface area contributed by atoms with Crippen LogP contribution in [0.1, 0.15) is 5.56 Å². The Bertz CT molecular complexity index is 997. The van der Waals surface area contributed by atoms with E-state index in [-0.39, 0.29) is 9.92 Å². The quantitative estimate of drug-likeness (QED) is 0.585. The summed E-state index contributed by atoms with van der Waals surface area (Å²) < 4.78 is 40.4. The van der Waals surface area contributed by atoms with E-state index in [4.69, 9.17) is 11.6 Å². The summed E-state index contributed by atoms with van der Waals surface area (Å²) in [4.78, 5) is 4.97. The minimum absolute atomic E-state index is 0.0982. The van der Waals surface area contributed by atoms with Gasteiger partial charge in [-0.1, -0.05) is 17.7 Å². The van der Waals surface area contributed by atoms with Crippen LogP contribution in [0.3, 0.4) is 0 Å². The topological polar surface area (TPSA) is 59.1 Å². The molecule has 2 aromatic carbocycles. The van der Waals surface area contributed by atoms with Crippen molar-refractivity contribution in [2.45, 2.75) is 15.5 Å². The molecule has 1 N–H and O–H groups in total. The Hall–Kier alpha value is -2.09. The molecule has 0 bridgehead atoms. The Morgan fingerprint density at radius 2 is 1.88 bits per heavy atom. The molecule has 3 rings (SSSR count). The van der Waals surface area contributed by atoms with Gasteiger partial charge in [-0.2, -0.15) is 0 Å². The summed E-state index contributed by atoms with van der Waals surface area (Å²) in [6.45, 7) is 0. The van der Waals surface area contributed by atoms with Crippen molar-refractivity contribution in [2.24, 2.45) is 0 Å². The van der Waals surface area contributed by atoms with Crippen LogP contribution in [0.4, 0.5) is 10.1 Å². The minimum atomic E-state index is -3.84. The van der Waals surface area contributed by atoms with Crippen molar-refractivity contribution in [3.63, 3.8) is 0 Å². The van der Waals surface area contributed by atoms with Crippen molar-refractivity contribution >= 4 is 39.1 Å². The fourth-order valence-electron chi connectivity index (χ4n) is 2.13. The predicted octanol–water partition coefficient (Wildman–Crippen LogP) is 4.97. The second-order valence-corrected chi connectivity index (χ2v) is 8.49. The van der Waals surface area contributed by atoms with Crippen LogP contribution in [0.25, 0.3) is 0 Å². The van der Waals surface area contributed by atoms with Gasteiger partial charge in [-0.25, -0.2) is 12.8 Å². The first-order chi connectivity index (χ1) is 12.4. The molecule has 0 aliphatic heterocycles. The van der Waals surface area contributed by atoms with Crippen molar-refractivity contribution in [1.29, 1.82) is 0 Å². The van der Waals surface area contributed by atoms with E-state index in [1.807, 2.05) is 30.5 Å². The molecule has 0 saturated carbocycles. The smallest absolute Gasteiger partial charge is 0.261 e. The van der Waals surface area contributed by atoms with Gasteiger partial charge in [-0.3, -0.25) is 9.71 Å². The van der Waals surface area contributed by atoms with E-state index < -0.39 is 15.8 Å². The summed E-state index contributed by atoms with van der Waals surface area (Å²) in [5, 5.41) is -0.241. The van der Waals surface area contributed by atoms with Gasteiger partial charge in [0, 0.05) is 28.7 Å². The van der Waals surface area contributed by atoms with Crippen LogP contribution in [0.15, 0.2) is 76.8 Å². The molecule has 0 unspecified atom stereocenters. The molecule has 0 fully saturated rings. The molecule has 0 aliphatic rings. The number of benzene rings is 2.